The second-order valence-corrected chi connectivity index (χ2v) is 14.1. The molecule has 0 aliphatic heterocycles. The molecule has 258 valence electrons. The molecule has 2 aromatic rings. The monoisotopic (exact) mass is 652 g/mol. The van der Waals surface area contributed by atoms with Crippen molar-refractivity contribution >= 4 is 23.0 Å². The van der Waals surface area contributed by atoms with Gasteiger partial charge in [-0.15, -0.1) is 0 Å². The first-order valence-corrected chi connectivity index (χ1v) is 17.1. The van der Waals surface area contributed by atoms with Gasteiger partial charge in [-0.05, 0) is 80.5 Å². The minimum absolute atomic E-state index is 0.00123. The Kier molecular flexibility index (Phi) is 10.4. The minimum Gasteiger partial charge on any atom is -0.507 e. The lowest BCUT2D eigenvalue weighted by atomic mass is 9.57. The number of unbranched alkanes of at least 4 members (excludes halogenated alkanes) is 2. The Morgan fingerprint density at radius 2 is 1.74 bits per heavy atom. The summed E-state index contributed by atoms with van der Waals surface area (Å²) in [6.07, 6.45) is 4.10. The predicted octanol–water partition coefficient (Wildman–Crippen LogP) is 5.10. The van der Waals surface area contributed by atoms with Gasteiger partial charge in [0.05, 0.1) is 24.8 Å². The summed E-state index contributed by atoms with van der Waals surface area (Å²) >= 11 is 0. The molecule has 0 spiro atoms. The van der Waals surface area contributed by atoms with Crippen molar-refractivity contribution in [2.75, 3.05) is 52.8 Å². The van der Waals surface area contributed by atoms with Crippen molar-refractivity contribution in [1.29, 1.82) is 0 Å². The summed E-state index contributed by atoms with van der Waals surface area (Å²) in [5.41, 5.74) is 1.00. The maximum atomic E-state index is 14.6. The second kappa shape index (κ2) is 14.0. The average molecular weight is 653 g/mol. The van der Waals surface area contributed by atoms with E-state index in [1.54, 1.807) is 0 Å². The molecule has 1 saturated carbocycles. The number of hydrogen-bond donors (Lipinski definition) is 3. The van der Waals surface area contributed by atoms with Crippen LogP contribution >= 0.6 is 0 Å². The smallest absolute Gasteiger partial charge is 0.265 e. The van der Waals surface area contributed by atoms with E-state index >= 15 is 0 Å². The van der Waals surface area contributed by atoms with Crippen LogP contribution in [0.2, 0.25) is 0 Å². The number of ketones is 2. The van der Waals surface area contributed by atoms with E-state index < -0.39 is 35.0 Å². The van der Waals surface area contributed by atoms with Crippen molar-refractivity contribution in [2.24, 2.45) is 17.8 Å². The van der Waals surface area contributed by atoms with Crippen molar-refractivity contribution in [3.05, 3.63) is 39.7 Å². The Morgan fingerprint density at radius 1 is 1.06 bits per heavy atom. The van der Waals surface area contributed by atoms with Gasteiger partial charge in [-0.2, -0.15) is 0 Å². The molecule has 0 amide bonds. The van der Waals surface area contributed by atoms with Crippen LogP contribution in [-0.4, -0.2) is 85.4 Å². The predicted molar refractivity (Wildman–Crippen MR) is 180 cm³/mol. The van der Waals surface area contributed by atoms with E-state index in [1.807, 2.05) is 51.0 Å². The number of benzene rings is 1. The number of rotatable bonds is 14. The maximum absolute atomic E-state index is 14.6. The highest BCUT2D eigenvalue weighted by Crippen LogP contribution is 2.57. The molecule has 3 aliphatic rings. The normalized spacial score (nSPS) is 23.5. The van der Waals surface area contributed by atoms with E-state index in [0.29, 0.717) is 49.2 Å². The van der Waals surface area contributed by atoms with Gasteiger partial charge in [0.1, 0.15) is 17.1 Å². The lowest BCUT2D eigenvalue weighted by molar-refractivity contribution is -0.142. The van der Waals surface area contributed by atoms with Crippen LogP contribution in [0.3, 0.4) is 0 Å². The molecular formula is C36H52N4O7. The molecule has 11 heteroatoms. The quantitative estimate of drug-likeness (QED) is 0.186. The van der Waals surface area contributed by atoms with E-state index in [0.717, 1.165) is 49.0 Å². The molecule has 3 aliphatic carbocycles. The molecular weight excluding hydrogens is 600 g/mol. The number of hydrogen-bond acceptors (Lipinski definition) is 11. The molecule has 1 aromatic heterocycles. The third-order valence-electron chi connectivity index (χ3n) is 9.73. The number of ether oxygens (including phenoxy) is 2. The molecule has 3 N–H and O–H groups in total. The van der Waals surface area contributed by atoms with Crippen LogP contribution in [0.4, 0.5) is 5.69 Å². The fraction of sp³-hybridized carbons (Fsp3) is 0.639. The van der Waals surface area contributed by atoms with Crippen molar-refractivity contribution < 1.29 is 33.8 Å². The van der Waals surface area contributed by atoms with Gasteiger partial charge in [-0.1, -0.05) is 40.5 Å². The molecule has 0 unspecified atom stereocenters. The van der Waals surface area contributed by atoms with E-state index in [2.05, 4.69) is 31.2 Å². The second-order valence-electron chi connectivity index (χ2n) is 14.1. The van der Waals surface area contributed by atoms with Crippen molar-refractivity contribution in [2.45, 2.75) is 84.4 Å². The largest absolute Gasteiger partial charge is 0.507 e. The molecule has 47 heavy (non-hydrogen) atoms. The van der Waals surface area contributed by atoms with E-state index in [1.165, 1.54) is 0 Å². The number of fused-ring (bicyclic) bond motifs is 4. The van der Waals surface area contributed by atoms with Crippen molar-refractivity contribution in [3.63, 3.8) is 0 Å². The summed E-state index contributed by atoms with van der Waals surface area (Å²) in [5.74, 6) is -1.82. The van der Waals surface area contributed by atoms with Gasteiger partial charge in [-0.3, -0.25) is 14.5 Å². The lowest BCUT2D eigenvalue weighted by Gasteiger charge is -2.49. The maximum Gasteiger partial charge on any atom is 0.265 e. The van der Waals surface area contributed by atoms with Gasteiger partial charge in [-0.25, -0.2) is 0 Å². The van der Waals surface area contributed by atoms with Gasteiger partial charge < -0.3 is 34.4 Å². The Balaban J connectivity index is 1.66. The first-order valence-electron chi connectivity index (χ1n) is 17.1. The standard InChI is InChI=1S/C36H52N4O7/c1-9-11-13-45-25-17-22(19-37-18-20(3)4)29(39(5)6)23-15-21-16-24-30(40(7)8)32-28(35(38-47-32)46-14-12-10-2)34(43)36(24,44)33(42)26(21)31(41)27(23)25/h17,20-21,24,30,37,41,44H,9-16,18-19H2,1-8H3/t21-,24-,30-,36-/m0/s1. The molecule has 0 saturated heterocycles. The fourth-order valence-electron chi connectivity index (χ4n) is 7.57. The van der Waals surface area contributed by atoms with Gasteiger partial charge in [0, 0.05) is 37.8 Å². The van der Waals surface area contributed by atoms with Crippen LogP contribution in [0.15, 0.2) is 16.2 Å². The molecule has 4 atom stereocenters. The topological polar surface area (TPSA) is 138 Å². The molecule has 5 rings (SSSR count). The Labute approximate surface area is 278 Å². The van der Waals surface area contributed by atoms with Crippen molar-refractivity contribution in [1.82, 2.24) is 15.4 Å². The van der Waals surface area contributed by atoms with Crippen LogP contribution < -0.4 is 19.7 Å². The molecule has 1 heterocycles. The Bertz CT molecular complexity index is 1530. The van der Waals surface area contributed by atoms with E-state index in [4.69, 9.17) is 14.0 Å². The minimum atomic E-state index is -2.43. The Hall–Kier alpha value is -3.41. The van der Waals surface area contributed by atoms with Gasteiger partial charge in [0.2, 0.25) is 11.6 Å². The summed E-state index contributed by atoms with van der Waals surface area (Å²) in [5, 5.41) is 32.0. The third kappa shape index (κ3) is 6.06. The number of aliphatic hydroxyl groups is 2. The number of carbonyl (C=O) groups is 2. The SMILES string of the molecule is CCCCOc1cc(CNCC(C)C)c(N(C)C)c2c1C(O)=C1C(=O)[C@]3(O)C(=O)c4c(OCCCC)noc4[C@@H](N(C)C)[C@@H]3C[C@@H]1C2. The third-order valence-corrected chi connectivity index (χ3v) is 9.73. The van der Waals surface area contributed by atoms with Crippen molar-refractivity contribution in [3.8, 4) is 11.6 Å². The van der Waals surface area contributed by atoms with Crippen LogP contribution in [0.25, 0.3) is 5.76 Å². The summed E-state index contributed by atoms with van der Waals surface area (Å²) in [4.78, 5) is 32.8. The first-order chi connectivity index (χ1) is 22.4. The highest BCUT2D eigenvalue weighted by molar-refractivity contribution is 6.26. The number of anilines is 1. The first kappa shape index (κ1) is 34.9. The summed E-state index contributed by atoms with van der Waals surface area (Å²) in [6.45, 7) is 10.7. The molecule has 1 aromatic carbocycles. The molecule has 1 fully saturated rings. The molecule has 11 nitrogen and oxygen atoms in total. The zero-order valence-electron chi connectivity index (χ0n) is 29.2. The van der Waals surface area contributed by atoms with E-state index in [-0.39, 0.29) is 29.2 Å². The van der Waals surface area contributed by atoms with Crippen LogP contribution in [0.5, 0.6) is 11.6 Å². The highest BCUT2D eigenvalue weighted by Gasteiger charge is 2.65. The zero-order valence-corrected chi connectivity index (χ0v) is 29.2. The summed E-state index contributed by atoms with van der Waals surface area (Å²) in [7, 11) is 7.62. The van der Waals surface area contributed by atoms with E-state index in [9.17, 15) is 19.8 Å². The van der Waals surface area contributed by atoms with Crippen LogP contribution in [0, 0.1) is 17.8 Å². The summed E-state index contributed by atoms with van der Waals surface area (Å²) in [6, 6.07) is 1.33. The number of Topliss-reactive ketones (excluding diaryl/α,β-unsaturated/α-hetero) is 2. The van der Waals surface area contributed by atoms with Gasteiger partial charge in [0.15, 0.2) is 11.4 Å². The number of aliphatic hydroxyl groups excluding tert-OH is 1. The average Bonchev–Trinajstić information content (AvgIpc) is 3.41. The van der Waals surface area contributed by atoms with Crippen LogP contribution in [-0.2, 0) is 17.8 Å². The van der Waals surface area contributed by atoms with Gasteiger partial charge >= 0.3 is 0 Å². The van der Waals surface area contributed by atoms with Gasteiger partial charge in [0.25, 0.3) is 5.88 Å². The lowest BCUT2D eigenvalue weighted by Crippen LogP contribution is -2.63. The number of carbonyl (C=O) groups excluding carboxylic acids is 2. The zero-order chi connectivity index (χ0) is 34.2. The Morgan fingerprint density at radius 3 is 2.36 bits per heavy atom. The molecule has 0 bridgehead atoms. The van der Waals surface area contributed by atoms with Crippen LogP contribution in [0.1, 0.15) is 98.6 Å². The number of nitrogens with one attached hydrogen (secondary N) is 1. The highest BCUT2D eigenvalue weighted by atomic mass is 16.5. The number of nitrogens with zero attached hydrogens (tertiary/aromatic N) is 3. The molecule has 0 radical (unpaired) electrons. The fourth-order valence-corrected chi connectivity index (χ4v) is 7.57. The summed E-state index contributed by atoms with van der Waals surface area (Å²) < 4.78 is 17.9. The number of aromatic nitrogens is 1.